The summed E-state index contributed by atoms with van der Waals surface area (Å²) in [7, 11) is 1.38. The van der Waals surface area contributed by atoms with Gasteiger partial charge in [-0.05, 0) is 60.4 Å². The molecule has 0 aliphatic heterocycles. The number of rotatable bonds is 7. The van der Waals surface area contributed by atoms with Crippen LogP contribution in [0.2, 0.25) is 0 Å². The maximum absolute atomic E-state index is 12.5. The summed E-state index contributed by atoms with van der Waals surface area (Å²) < 4.78 is 8.23. The van der Waals surface area contributed by atoms with Crippen LogP contribution >= 0.6 is 15.9 Å². The number of ether oxygens (including phenoxy) is 1. The van der Waals surface area contributed by atoms with Gasteiger partial charge in [-0.25, -0.2) is 4.79 Å². The van der Waals surface area contributed by atoms with Crippen LogP contribution in [0.5, 0.6) is 5.75 Å². The lowest BCUT2D eigenvalue weighted by Gasteiger charge is -2.10. The number of esters is 1. The summed E-state index contributed by atoms with van der Waals surface area (Å²) >= 11 is 3.55. The molecule has 4 rings (SSSR count). The Morgan fingerprint density at radius 1 is 1.00 bits per heavy atom. The molecule has 0 aliphatic rings. The van der Waals surface area contributed by atoms with E-state index in [1.54, 1.807) is 6.07 Å². The average molecular weight is 480 g/mol. The first-order valence-electron chi connectivity index (χ1n) is 10.6. The van der Waals surface area contributed by atoms with Gasteiger partial charge in [-0.2, -0.15) is 0 Å². The molecule has 4 nitrogen and oxygen atoms in total. The number of carbonyl (C=O) groups excluding carboxylic acids is 1. The van der Waals surface area contributed by atoms with Crippen LogP contribution in [0.3, 0.4) is 0 Å². The Balaban J connectivity index is 1.98. The summed E-state index contributed by atoms with van der Waals surface area (Å²) in [6.45, 7) is 2.81. The average Bonchev–Trinajstić information content (AvgIpc) is 3.07. The predicted molar refractivity (Wildman–Crippen MR) is 129 cm³/mol. The van der Waals surface area contributed by atoms with Crippen LogP contribution < -0.4 is 0 Å². The molecule has 0 saturated heterocycles. The number of aromatic hydroxyl groups is 1. The van der Waals surface area contributed by atoms with Crippen molar-refractivity contribution in [3.8, 4) is 5.75 Å². The van der Waals surface area contributed by atoms with Gasteiger partial charge in [-0.15, -0.1) is 0 Å². The number of hydrogen-bond donors (Lipinski definition) is 1. The fourth-order valence-electron chi connectivity index (χ4n) is 4.29. The van der Waals surface area contributed by atoms with Crippen molar-refractivity contribution in [3.05, 3.63) is 75.8 Å². The second kappa shape index (κ2) is 9.15. The van der Waals surface area contributed by atoms with Crippen molar-refractivity contribution in [2.45, 2.75) is 39.2 Å². The molecule has 5 heteroatoms. The summed E-state index contributed by atoms with van der Waals surface area (Å²) in [5.41, 5.74) is 4.53. The Labute approximate surface area is 190 Å². The van der Waals surface area contributed by atoms with Crippen molar-refractivity contribution in [1.82, 2.24) is 4.57 Å². The summed E-state index contributed by atoms with van der Waals surface area (Å²) in [5.74, 6) is -0.197. The van der Waals surface area contributed by atoms with Crippen LogP contribution in [-0.2, 0) is 17.7 Å². The van der Waals surface area contributed by atoms with Gasteiger partial charge in [0.1, 0.15) is 5.75 Å². The quantitative estimate of drug-likeness (QED) is 0.233. The highest BCUT2D eigenvalue weighted by Gasteiger charge is 2.21. The minimum atomic E-state index is -0.404. The van der Waals surface area contributed by atoms with Gasteiger partial charge in [0.05, 0.1) is 29.1 Å². The largest absolute Gasteiger partial charge is 0.507 e. The van der Waals surface area contributed by atoms with E-state index < -0.39 is 5.97 Å². The SMILES string of the molecule is CCCCCc1cc(O)c2c3c(C(=O)OC)cccc3n(Cc3cccc(Br)c3)c2c1. The normalized spacial score (nSPS) is 11.3. The van der Waals surface area contributed by atoms with Crippen LogP contribution in [-0.4, -0.2) is 22.8 Å². The molecule has 1 heterocycles. The van der Waals surface area contributed by atoms with Gasteiger partial charge in [-0.3, -0.25) is 0 Å². The molecule has 1 N–H and O–H groups in total. The van der Waals surface area contributed by atoms with Crippen LogP contribution in [0.15, 0.2) is 59.1 Å². The summed E-state index contributed by atoms with van der Waals surface area (Å²) in [4.78, 5) is 12.5. The third-order valence-electron chi connectivity index (χ3n) is 5.73. The molecular weight excluding hydrogens is 454 g/mol. The molecule has 0 aliphatic carbocycles. The number of unbranched alkanes of at least 4 members (excludes halogenated alkanes) is 2. The third-order valence-corrected chi connectivity index (χ3v) is 6.23. The van der Waals surface area contributed by atoms with Crippen molar-refractivity contribution in [1.29, 1.82) is 0 Å². The van der Waals surface area contributed by atoms with Gasteiger partial charge >= 0.3 is 5.97 Å². The smallest absolute Gasteiger partial charge is 0.338 e. The maximum Gasteiger partial charge on any atom is 0.338 e. The predicted octanol–water partition coefficient (Wildman–Crippen LogP) is 6.83. The van der Waals surface area contributed by atoms with Gasteiger partial charge < -0.3 is 14.4 Å². The van der Waals surface area contributed by atoms with Gasteiger partial charge in [0.25, 0.3) is 0 Å². The van der Waals surface area contributed by atoms with Crippen molar-refractivity contribution < 1.29 is 14.6 Å². The minimum Gasteiger partial charge on any atom is -0.507 e. The zero-order valence-corrected chi connectivity index (χ0v) is 19.4. The van der Waals surface area contributed by atoms with E-state index in [0.717, 1.165) is 57.7 Å². The van der Waals surface area contributed by atoms with Crippen LogP contribution in [0.4, 0.5) is 0 Å². The van der Waals surface area contributed by atoms with Crippen LogP contribution in [0.1, 0.15) is 47.7 Å². The minimum absolute atomic E-state index is 0.207. The first kappa shape index (κ1) is 21.4. The van der Waals surface area contributed by atoms with Gasteiger partial charge in [0, 0.05) is 16.4 Å². The van der Waals surface area contributed by atoms with E-state index in [4.69, 9.17) is 4.74 Å². The van der Waals surface area contributed by atoms with Crippen LogP contribution in [0, 0.1) is 0 Å². The first-order valence-corrected chi connectivity index (χ1v) is 11.4. The van der Waals surface area contributed by atoms with Crippen molar-refractivity contribution in [2.24, 2.45) is 0 Å². The lowest BCUT2D eigenvalue weighted by Crippen LogP contribution is -2.03. The fraction of sp³-hybridized carbons (Fsp3) is 0.269. The van der Waals surface area contributed by atoms with E-state index in [-0.39, 0.29) is 5.75 Å². The zero-order chi connectivity index (χ0) is 22.0. The number of nitrogens with zero attached hydrogens (tertiary/aromatic N) is 1. The Morgan fingerprint density at radius 3 is 2.55 bits per heavy atom. The highest BCUT2D eigenvalue weighted by molar-refractivity contribution is 9.10. The van der Waals surface area contributed by atoms with Crippen molar-refractivity contribution >= 4 is 43.7 Å². The number of hydrogen-bond acceptors (Lipinski definition) is 3. The van der Waals surface area contributed by atoms with E-state index in [2.05, 4.69) is 45.6 Å². The molecule has 0 fully saturated rings. The molecular formula is C26H26BrNO3. The van der Waals surface area contributed by atoms with E-state index in [0.29, 0.717) is 17.5 Å². The van der Waals surface area contributed by atoms with E-state index >= 15 is 0 Å². The molecule has 0 unspecified atom stereocenters. The molecule has 0 spiro atoms. The van der Waals surface area contributed by atoms with Gasteiger partial charge in [-0.1, -0.05) is 53.9 Å². The molecule has 0 amide bonds. The fourth-order valence-corrected chi connectivity index (χ4v) is 4.73. The second-order valence-electron chi connectivity index (χ2n) is 7.87. The molecule has 1 aromatic heterocycles. The topological polar surface area (TPSA) is 51.5 Å². The Bertz CT molecular complexity index is 1260. The Kier molecular flexibility index (Phi) is 6.33. The lowest BCUT2D eigenvalue weighted by atomic mass is 10.0. The third kappa shape index (κ3) is 4.19. The number of phenols is 1. The molecule has 0 saturated carbocycles. The highest BCUT2D eigenvalue weighted by Crippen LogP contribution is 2.39. The molecule has 4 aromatic rings. The number of halogens is 1. The van der Waals surface area contributed by atoms with E-state index in [1.165, 1.54) is 7.11 Å². The summed E-state index contributed by atoms with van der Waals surface area (Å²) in [6.07, 6.45) is 4.31. The summed E-state index contributed by atoms with van der Waals surface area (Å²) in [5, 5.41) is 12.5. The number of carbonyl (C=O) groups is 1. The second-order valence-corrected chi connectivity index (χ2v) is 8.79. The number of fused-ring (bicyclic) bond motifs is 3. The summed E-state index contributed by atoms with van der Waals surface area (Å²) in [6, 6.07) is 17.8. The number of benzene rings is 3. The lowest BCUT2D eigenvalue weighted by molar-refractivity contribution is 0.0603. The Morgan fingerprint density at radius 2 is 1.81 bits per heavy atom. The molecule has 3 aromatic carbocycles. The van der Waals surface area contributed by atoms with Gasteiger partial charge in [0.2, 0.25) is 0 Å². The van der Waals surface area contributed by atoms with Crippen molar-refractivity contribution in [3.63, 3.8) is 0 Å². The molecule has 0 radical (unpaired) electrons. The van der Waals surface area contributed by atoms with E-state index in [9.17, 15) is 9.90 Å². The number of aryl methyl sites for hydroxylation is 1. The first-order chi connectivity index (χ1) is 15.0. The Hall–Kier alpha value is -2.79. The monoisotopic (exact) mass is 479 g/mol. The zero-order valence-electron chi connectivity index (χ0n) is 17.8. The highest BCUT2D eigenvalue weighted by atomic mass is 79.9. The number of methoxy groups -OCH3 is 1. The maximum atomic E-state index is 12.5. The molecule has 160 valence electrons. The standard InChI is InChI=1S/C26H26BrNO3/c1-3-4-5-8-17-14-22-25(23(29)15-17)24-20(26(30)31-2)11-7-12-21(24)28(22)16-18-9-6-10-19(27)13-18/h6-7,9-15,29H,3-5,8,16H2,1-2H3. The van der Waals surface area contributed by atoms with E-state index in [1.807, 2.05) is 30.3 Å². The van der Waals surface area contributed by atoms with Crippen molar-refractivity contribution in [2.75, 3.05) is 7.11 Å². The molecule has 0 atom stereocenters. The number of phenolic OH excluding ortho intramolecular Hbond substituents is 1. The van der Waals surface area contributed by atoms with Crippen LogP contribution in [0.25, 0.3) is 21.8 Å². The molecule has 31 heavy (non-hydrogen) atoms. The van der Waals surface area contributed by atoms with Gasteiger partial charge in [0.15, 0.2) is 0 Å². The number of aromatic nitrogens is 1. The molecule has 0 bridgehead atoms.